The molecule has 4 rings (SSSR count). The van der Waals surface area contributed by atoms with Gasteiger partial charge < -0.3 is 19.6 Å². The van der Waals surface area contributed by atoms with E-state index in [1.165, 1.54) is 0 Å². The van der Waals surface area contributed by atoms with Crippen LogP contribution in [0.5, 0.6) is 0 Å². The second kappa shape index (κ2) is 13.8. The van der Waals surface area contributed by atoms with Gasteiger partial charge in [-0.05, 0) is 76.1 Å². The number of likely N-dealkylation sites (tertiary alicyclic amines) is 1. The molecule has 1 N–H and O–H groups in total. The molecule has 2 amide bonds. The molecule has 1 aromatic rings. The van der Waals surface area contributed by atoms with E-state index in [9.17, 15) is 19.5 Å². The number of halogens is 1. The molecule has 7 nitrogen and oxygen atoms in total. The second-order valence-electron chi connectivity index (χ2n) is 11.6. The summed E-state index contributed by atoms with van der Waals surface area (Å²) in [7, 11) is 0. The van der Waals surface area contributed by atoms with Crippen LogP contribution >= 0.6 is 23.4 Å². The van der Waals surface area contributed by atoms with Gasteiger partial charge in [0.1, 0.15) is 6.04 Å². The summed E-state index contributed by atoms with van der Waals surface area (Å²) in [5, 5.41) is 9.75. The molecular formula is C32H43ClN2O5S. The van der Waals surface area contributed by atoms with Crippen molar-refractivity contribution in [1.82, 2.24) is 4.90 Å². The number of carbonyl (C=O) groups excluding carboxylic acids is 3. The lowest BCUT2D eigenvalue weighted by Crippen LogP contribution is -2.55. The third-order valence-corrected chi connectivity index (χ3v) is 11.1. The molecule has 3 fully saturated rings. The van der Waals surface area contributed by atoms with Crippen molar-refractivity contribution in [3.05, 3.63) is 54.6 Å². The van der Waals surface area contributed by atoms with Crippen LogP contribution in [0.3, 0.4) is 0 Å². The number of benzene rings is 1. The molecule has 3 saturated heterocycles. The summed E-state index contributed by atoms with van der Waals surface area (Å²) in [6.45, 7) is 10.9. The van der Waals surface area contributed by atoms with Crippen molar-refractivity contribution in [2.24, 2.45) is 11.8 Å². The predicted molar refractivity (Wildman–Crippen MR) is 165 cm³/mol. The molecule has 2 unspecified atom stereocenters. The maximum absolute atomic E-state index is 14.6. The first kappa shape index (κ1) is 31.6. The zero-order valence-electron chi connectivity index (χ0n) is 24.1. The van der Waals surface area contributed by atoms with Crippen LogP contribution in [0.25, 0.3) is 0 Å². The number of rotatable bonds is 16. The van der Waals surface area contributed by atoms with Gasteiger partial charge in [0.25, 0.3) is 5.91 Å². The molecule has 0 saturated carbocycles. The molecule has 3 heterocycles. The first-order chi connectivity index (χ1) is 19.7. The number of aliphatic hydroxyl groups excluding tert-OH is 1. The molecule has 1 spiro atoms. The minimum Gasteiger partial charge on any atom is -0.465 e. The van der Waals surface area contributed by atoms with Gasteiger partial charge in [-0.15, -0.1) is 24.9 Å². The molecule has 1 aromatic carbocycles. The van der Waals surface area contributed by atoms with Gasteiger partial charge in [-0.1, -0.05) is 36.6 Å². The van der Waals surface area contributed by atoms with Crippen molar-refractivity contribution in [1.29, 1.82) is 0 Å². The zero-order chi connectivity index (χ0) is 29.6. The van der Waals surface area contributed by atoms with Gasteiger partial charge in [-0.25, -0.2) is 0 Å². The van der Waals surface area contributed by atoms with E-state index in [0.717, 1.165) is 44.9 Å². The molecule has 0 aliphatic carbocycles. The first-order valence-electron chi connectivity index (χ1n) is 14.8. The number of nitrogens with zero attached hydrogens (tertiary/aromatic N) is 2. The number of allylic oxidation sites excluding steroid dienone is 1. The fraction of sp³-hybridized carbons (Fsp3) is 0.594. The Labute approximate surface area is 253 Å². The minimum atomic E-state index is -0.703. The number of hydrogen-bond acceptors (Lipinski definition) is 6. The Hall–Kier alpha value is -2.29. The van der Waals surface area contributed by atoms with E-state index < -0.39 is 27.4 Å². The molecule has 0 radical (unpaired) electrons. The van der Waals surface area contributed by atoms with Crippen LogP contribution in [-0.2, 0) is 19.1 Å². The Balaban J connectivity index is 1.66. The second-order valence-corrected chi connectivity index (χ2v) is 13.9. The maximum atomic E-state index is 14.6. The van der Waals surface area contributed by atoms with Gasteiger partial charge in [0.2, 0.25) is 5.91 Å². The number of thioether (sulfide) groups is 1. The van der Waals surface area contributed by atoms with Crippen LogP contribution in [0.1, 0.15) is 64.7 Å². The zero-order valence-corrected chi connectivity index (χ0v) is 25.6. The average Bonchev–Trinajstić information content (AvgIpc) is 3.52. The lowest BCUT2D eigenvalue weighted by Gasteiger charge is -2.37. The number of aliphatic hydroxyl groups is 1. The molecule has 3 aliphatic heterocycles. The smallest absolute Gasteiger partial charge is 0.311 e. The predicted octanol–water partition coefficient (Wildman–Crippen LogP) is 5.79. The number of amides is 2. The Morgan fingerprint density at radius 1 is 1.12 bits per heavy atom. The van der Waals surface area contributed by atoms with Crippen molar-refractivity contribution < 1.29 is 24.2 Å². The molecule has 5 atom stereocenters. The molecule has 41 heavy (non-hydrogen) atoms. The van der Waals surface area contributed by atoms with E-state index in [2.05, 4.69) is 20.1 Å². The summed E-state index contributed by atoms with van der Waals surface area (Å²) in [5.41, 5.74) is 0.689. The van der Waals surface area contributed by atoms with Gasteiger partial charge in [0.05, 0.1) is 23.2 Å². The molecule has 2 bridgehead atoms. The Morgan fingerprint density at radius 3 is 2.54 bits per heavy atom. The van der Waals surface area contributed by atoms with Gasteiger partial charge in [-0.2, -0.15) is 0 Å². The lowest BCUT2D eigenvalue weighted by atomic mass is 9.66. The van der Waals surface area contributed by atoms with Crippen LogP contribution in [0, 0.1) is 11.8 Å². The minimum absolute atomic E-state index is 0.121. The van der Waals surface area contributed by atoms with Crippen molar-refractivity contribution in [2.45, 2.75) is 80.2 Å². The summed E-state index contributed by atoms with van der Waals surface area (Å²) < 4.78 is 4.60. The van der Waals surface area contributed by atoms with Crippen molar-refractivity contribution >= 4 is 46.8 Å². The number of anilines is 1. The summed E-state index contributed by atoms with van der Waals surface area (Å²) in [6.07, 6.45) is 10.6. The number of hydrogen-bond donors (Lipinski definition) is 1. The summed E-state index contributed by atoms with van der Waals surface area (Å²) in [6, 6.07) is 6.41. The summed E-state index contributed by atoms with van der Waals surface area (Å²) in [5.74, 6) is -1.80. The van der Waals surface area contributed by atoms with Crippen LogP contribution in [0.4, 0.5) is 5.69 Å². The summed E-state index contributed by atoms with van der Waals surface area (Å²) in [4.78, 5) is 45.9. The van der Waals surface area contributed by atoms with Crippen molar-refractivity contribution in [2.75, 3.05) is 31.2 Å². The van der Waals surface area contributed by atoms with Crippen LogP contribution < -0.4 is 4.90 Å². The van der Waals surface area contributed by atoms with E-state index in [1.807, 2.05) is 18.2 Å². The molecular weight excluding hydrogens is 560 g/mol. The van der Waals surface area contributed by atoms with Gasteiger partial charge in [-0.3, -0.25) is 14.4 Å². The number of esters is 1. The maximum Gasteiger partial charge on any atom is 0.311 e. The van der Waals surface area contributed by atoms with E-state index in [4.69, 9.17) is 16.3 Å². The Morgan fingerprint density at radius 2 is 1.85 bits per heavy atom. The number of ether oxygens (including phenoxy) is 1. The van der Waals surface area contributed by atoms with Crippen LogP contribution in [0.2, 0.25) is 5.02 Å². The highest BCUT2D eigenvalue weighted by molar-refractivity contribution is 8.02. The third kappa shape index (κ3) is 6.25. The number of carbonyl (C=O) groups is 3. The van der Waals surface area contributed by atoms with E-state index in [0.29, 0.717) is 36.7 Å². The molecule has 3 aliphatic rings. The fourth-order valence-corrected chi connectivity index (χ4v) is 9.39. The van der Waals surface area contributed by atoms with E-state index in [-0.39, 0.29) is 30.9 Å². The van der Waals surface area contributed by atoms with Gasteiger partial charge in [0.15, 0.2) is 0 Å². The fourth-order valence-electron chi connectivity index (χ4n) is 6.92. The largest absolute Gasteiger partial charge is 0.465 e. The van der Waals surface area contributed by atoms with Crippen LogP contribution in [-0.4, -0.2) is 69.6 Å². The third-order valence-electron chi connectivity index (χ3n) is 8.83. The van der Waals surface area contributed by atoms with Gasteiger partial charge in [0, 0.05) is 35.2 Å². The normalized spacial score (nSPS) is 28.0. The quantitative estimate of drug-likeness (QED) is 0.146. The summed E-state index contributed by atoms with van der Waals surface area (Å²) >= 11 is 7.79. The lowest BCUT2D eigenvalue weighted by molar-refractivity contribution is -0.155. The highest BCUT2D eigenvalue weighted by Crippen LogP contribution is 2.71. The monoisotopic (exact) mass is 602 g/mol. The van der Waals surface area contributed by atoms with Crippen molar-refractivity contribution in [3.8, 4) is 0 Å². The molecule has 0 aromatic heterocycles. The van der Waals surface area contributed by atoms with E-state index in [1.54, 1.807) is 39.8 Å². The first-order valence-corrected chi connectivity index (χ1v) is 16.0. The van der Waals surface area contributed by atoms with E-state index >= 15 is 0 Å². The standard InChI is InChI=1S/C32H43ClN2O5S/c1-4-6-7-12-22-40-30(39)26-25-28(37)35(20-10-8-9-11-21-36)27(32(25)18-17-31(26,3)41-32)29(38)34(19-5-2)24-15-13-23(33)14-16-24/h4-5,13-16,25-27,36H,1-2,6-12,17-22H2,3H3/t25-,26-,27?,31+,32?/m0/s1. The highest BCUT2D eigenvalue weighted by Gasteiger charge is 2.77. The number of unbranched alkanes of at least 4 members (excludes halogenated alkanes) is 5. The topological polar surface area (TPSA) is 87.1 Å². The Kier molecular flexibility index (Phi) is 10.6. The average molecular weight is 603 g/mol. The molecule has 224 valence electrons. The SMILES string of the molecule is C=CCCCCOC(=O)[C@@H]1[C@H]2C(=O)N(CCCCCCO)C(C(=O)N(CC=C)c3ccc(Cl)cc3)C23CC[C@@]1(C)S3. The number of fused-ring (bicyclic) bond motifs is 1. The van der Waals surface area contributed by atoms with Gasteiger partial charge >= 0.3 is 5.97 Å². The van der Waals surface area contributed by atoms with Crippen molar-refractivity contribution in [3.63, 3.8) is 0 Å². The van der Waals surface area contributed by atoms with Crippen LogP contribution in [0.15, 0.2) is 49.6 Å². The molecule has 9 heteroatoms. The highest BCUT2D eigenvalue weighted by atomic mass is 35.5. The Bertz CT molecular complexity index is 1130.